The fourth-order valence-electron chi connectivity index (χ4n) is 2.41. The number of nitriles is 1. The first-order chi connectivity index (χ1) is 12.6. The summed E-state index contributed by atoms with van der Waals surface area (Å²) in [4.78, 5) is 0. The van der Waals surface area contributed by atoms with E-state index in [0.717, 1.165) is 26.9 Å². The zero-order valence-corrected chi connectivity index (χ0v) is 17.6. The molecule has 0 unspecified atom stereocenters. The first-order valence-electron chi connectivity index (χ1n) is 7.99. The topological polar surface area (TPSA) is 33.0 Å². The molecule has 0 radical (unpaired) electrons. The number of hydrogen-bond acceptors (Lipinski definition) is 2. The van der Waals surface area contributed by atoms with Crippen LogP contribution in [-0.2, 0) is 6.61 Å². The van der Waals surface area contributed by atoms with Gasteiger partial charge in [-0.15, -0.1) is 0 Å². The van der Waals surface area contributed by atoms with Crippen molar-refractivity contribution in [2.24, 2.45) is 0 Å². The van der Waals surface area contributed by atoms with Gasteiger partial charge in [0, 0.05) is 8.04 Å². The van der Waals surface area contributed by atoms with E-state index >= 15 is 0 Å². The predicted octanol–water partition coefficient (Wildman–Crippen LogP) is 6.70. The van der Waals surface area contributed by atoms with Crippen molar-refractivity contribution < 1.29 is 4.74 Å². The van der Waals surface area contributed by atoms with Crippen molar-refractivity contribution in [1.82, 2.24) is 0 Å². The Morgan fingerprint density at radius 1 is 1.04 bits per heavy atom. The second kappa shape index (κ2) is 9.02. The van der Waals surface area contributed by atoms with Crippen LogP contribution in [0.2, 0.25) is 0 Å². The average Bonchev–Trinajstić information content (AvgIpc) is 2.66. The fraction of sp³-hybridized carbons (Fsp3) is 0.0455. The Morgan fingerprint density at radius 3 is 2.42 bits per heavy atom. The van der Waals surface area contributed by atoms with E-state index in [9.17, 15) is 5.26 Å². The van der Waals surface area contributed by atoms with Crippen LogP contribution in [0.5, 0.6) is 5.75 Å². The third-order valence-corrected chi connectivity index (χ3v) is 4.98. The van der Waals surface area contributed by atoms with E-state index in [1.807, 2.05) is 54.6 Å². The van der Waals surface area contributed by atoms with Crippen LogP contribution in [0.3, 0.4) is 0 Å². The molecule has 3 aromatic rings. The smallest absolute Gasteiger partial charge is 0.119 e. The molecule has 2 nitrogen and oxygen atoms in total. The van der Waals surface area contributed by atoms with Gasteiger partial charge in [-0.1, -0.05) is 52.3 Å². The number of benzene rings is 3. The first kappa shape index (κ1) is 18.7. The molecule has 4 heteroatoms. The minimum Gasteiger partial charge on any atom is -0.489 e. The summed E-state index contributed by atoms with van der Waals surface area (Å²) in [7, 11) is 0. The van der Waals surface area contributed by atoms with Crippen molar-refractivity contribution in [2.45, 2.75) is 6.61 Å². The van der Waals surface area contributed by atoms with E-state index in [2.05, 4.69) is 68.9 Å². The summed E-state index contributed by atoms with van der Waals surface area (Å²) < 4.78 is 7.99. The van der Waals surface area contributed by atoms with Crippen LogP contribution >= 0.6 is 38.5 Å². The third-order valence-electron chi connectivity index (χ3n) is 3.77. The Balaban J connectivity index is 1.70. The Labute approximate surface area is 175 Å². The zero-order valence-electron chi connectivity index (χ0n) is 13.8. The van der Waals surface area contributed by atoms with Crippen molar-refractivity contribution in [2.75, 3.05) is 0 Å². The number of nitrogens with zero attached hydrogens (tertiary/aromatic N) is 1. The van der Waals surface area contributed by atoms with Gasteiger partial charge in [-0.05, 0) is 81.8 Å². The fourth-order valence-corrected chi connectivity index (χ4v) is 3.17. The van der Waals surface area contributed by atoms with Gasteiger partial charge in [0.2, 0.25) is 0 Å². The maximum Gasteiger partial charge on any atom is 0.119 e. The molecule has 0 saturated carbocycles. The molecule has 0 fully saturated rings. The lowest BCUT2D eigenvalue weighted by Crippen LogP contribution is -1.95. The molecule has 128 valence electrons. The molecule has 0 aromatic heterocycles. The Morgan fingerprint density at radius 2 is 1.77 bits per heavy atom. The molecule has 0 N–H and O–H groups in total. The second-order valence-electron chi connectivity index (χ2n) is 5.66. The van der Waals surface area contributed by atoms with E-state index in [0.29, 0.717) is 12.2 Å². The number of allylic oxidation sites excluding steroid dienone is 1. The van der Waals surface area contributed by atoms with Gasteiger partial charge in [0.25, 0.3) is 0 Å². The van der Waals surface area contributed by atoms with Gasteiger partial charge >= 0.3 is 0 Å². The summed E-state index contributed by atoms with van der Waals surface area (Å²) >= 11 is 5.73. The quantitative estimate of drug-likeness (QED) is 0.215. The molecule has 3 aromatic carbocycles. The second-order valence-corrected chi connectivity index (χ2v) is 7.83. The highest BCUT2D eigenvalue weighted by atomic mass is 127. The van der Waals surface area contributed by atoms with E-state index in [-0.39, 0.29) is 0 Å². The predicted molar refractivity (Wildman–Crippen MR) is 118 cm³/mol. The maximum atomic E-state index is 9.46. The standard InChI is InChI=1S/C22H15BrINO/c23-20-3-1-2-18(13-20)19(14-25)12-16-6-10-22(11-7-16)26-15-17-4-8-21(24)9-5-17/h1-13H,15H2/b19-12-. The van der Waals surface area contributed by atoms with E-state index in [4.69, 9.17) is 4.74 Å². The summed E-state index contributed by atoms with van der Waals surface area (Å²) in [6.07, 6.45) is 1.88. The lowest BCUT2D eigenvalue weighted by atomic mass is 10.0. The van der Waals surface area contributed by atoms with Crippen LogP contribution in [0, 0.1) is 14.9 Å². The van der Waals surface area contributed by atoms with Crippen LogP contribution in [0.25, 0.3) is 11.6 Å². The van der Waals surface area contributed by atoms with Gasteiger partial charge in [-0.2, -0.15) is 5.26 Å². The molecule has 0 aliphatic heterocycles. The molecule has 0 aliphatic carbocycles. The Hall–Kier alpha value is -2.10. The molecule has 0 aliphatic rings. The number of rotatable bonds is 5. The van der Waals surface area contributed by atoms with E-state index in [1.54, 1.807) is 0 Å². The van der Waals surface area contributed by atoms with Crippen LogP contribution < -0.4 is 4.74 Å². The number of ether oxygens (including phenoxy) is 1. The highest BCUT2D eigenvalue weighted by Crippen LogP contribution is 2.22. The maximum absolute atomic E-state index is 9.46. The molecule has 26 heavy (non-hydrogen) atoms. The molecule has 0 spiro atoms. The van der Waals surface area contributed by atoms with Crippen molar-refractivity contribution in [3.05, 3.63) is 97.5 Å². The molecule has 0 heterocycles. The van der Waals surface area contributed by atoms with Gasteiger partial charge in [0.05, 0.1) is 11.6 Å². The molecular weight excluding hydrogens is 501 g/mol. The summed E-state index contributed by atoms with van der Waals surface area (Å²) in [6, 6.07) is 26.0. The summed E-state index contributed by atoms with van der Waals surface area (Å²) in [5, 5.41) is 9.46. The van der Waals surface area contributed by atoms with Crippen LogP contribution in [0.15, 0.2) is 77.3 Å². The Kier molecular flexibility index (Phi) is 6.48. The van der Waals surface area contributed by atoms with Gasteiger partial charge in [-0.3, -0.25) is 0 Å². The molecule has 0 atom stereocenters. The lowest BCUT2D eigenvalue weighted by Gasteiger charge is -2.07. The zero-order chi connectivity index (χ0) is 18.4. The highest BCUT2D eigenvalue weighted by molar-refractivity contribution is 14.1. The largest absolute Gasteiger partial charge is 0.489 e. The number of hydrogen-bond donors (Lipinski definition) is 0. The van der Waals surface area contributed by atoms with Crippen molar-refractivity contribution in [3.63, 3.8) is 0 Å². The Bertz CT molecular complexity index is 957. The summed E-state index contributed by atoms with van der Waals surface area (Å²) in [5.41, 5.74) is 3.61. The molecule has 0 amide bonds. The van der Waals surface area contributed by atoms with E-state index in [1.165, 1.54) is 3.57 Å². The molecule has 0 saturated heterocycles. The van der Waals surface area contributed by atoms with Gasteiger partial charge in [-0.25, -0.2) is 0 Å². The van der Waals surface area contributed by atoms with Crippen molar-refractivity contribution in [3.8, 4) is 11.8 Å². The molecular formula is C22H15BrINO. The third kappa shape index (κ3) is 5.20. The molecule has 0 bridgehead atoms. The monoisotopic (exact) mass is 515 g/mol. The lowest BCUT2D eigenvalue weighted by molar-refractivity contribution is 0.306. The summed E-state index contributed by atoms with van der Waals surface area (Å²) in [5.74, 6) is 0.807. The van der Waals surface area contributed by atoms with Crippen molar-refractivity contribution >= 4 is 50.2 Å². The molecule has 3 rings (SSSR count). The summed E-state index contributed by atoms with van der Waals surface area (Å²) in [6.45, 7) is 0.535. The van der Waals surface area contributed by atoms with Crippen LogP contribution in [0.4, 0.5) is 0 Å². The normalized spacial score (nSPS) is 11.0. The van der Waals surface area contributed by atoms with E-state index < -0.39 is 0 Å². The first-order valence-corrected chi connectivity index (χ1v) is 9.86. The number of halogens is 2. The van der Waals surface area contributed by atoms with Gasteiger partial charge in [0.15, 0.2) is 0 Å². The van der Waals surface area contributed by atoms with Gasteiger partial charge in [0.1, 0.15) is 12.4 Å². The van der Waals surface area contributed by atoms with Crippen LogP contribution in [0.1, 0.15) is 16.7 Å². The minimum absolute atomic E-state index is 0.535. The van der Waals surface area contributed by atoms with Gasteiger partial charge < -0.3 is 4.74 Å². The average molecular weight is 516 g/mol. The minimum atomic E-state index is 0.535. The SMILES string of the molecule is N#C/C(=C/c1ccc(OCc2ccc(I)cc2)cc1)c1cccc(Br)c1. The van der Waals surface area contributed by atoms with Crippen molar-refractivity contribution in [1.29, 1.82) is 5.26 Å². The highest BCUT2D eigenvalue weighted by Gasteiger charge is 2.02. The van der Waals surface area contributed by atoms with Crippen LogP contribution in [-0.4, -0.2) is 0 Å².